The van der Waals surface area contributed by atoms with Crippen molar-refractivity contribution in [2.45, 2.75) is 20.4 Å². The van der Waals surface area contributed by atoms with E-state index in [-0.39, 0.29) is 17.6 Å². The van der Waals surface area contributed by atoms with Gasteiger partial charge < -0.3 is 5.73 Å². The first-order chi connectivity index (χ1) is 8.45. The normalized spacial score (nSPS) is 12.7. The van der Waals surface area contributed by atoms with Crippen molar-refractivity contribution >= 4 is 21.8 Å². The molecule has 3 N–H and O–H groups in total. The Balaban J connectivity index is 2.74. The fourth-order valence-electron chi connectivity index (χ4n) is 1.70. The van der Waals surface area contributed by atoms with Gasteiger partial charge in [-0.25, -0.2) is 4.39 Å². The summed E-state index contributed by atoms with van der Waals surface area (Å²) in [5, 5.41) is 7.41. The summed E-state index contributed by atoms with van der Waals surface area (Å²) in [6.07, 6.45) is 0. The van der Waals surface area contributed by atoms with Crippen LogP contribution in [0.1, 0.15) is 19.4 Å². The van der Waals surface area contributed by atoms with Gasteiger partial charge in [0.2, 0.25) is 0 Å². The summed E-state index contributed by atoms with van der Waals surface area (Å²) in [6, 6.07) is 5.04. The molecule has 0 aliphatic carbocycles. The molecule has 1 aromatic carbocycles. The molecule has 100 valence electrons. The Hall–Kier alpha value is -0.940. The van der Waals surface area contributed by atoms with Crippen LogP contribution in [0.4, 0.5) is 4.39 Å². The summed E-state index contributed by atoms with van der Waals surface area (Å²) in [5.74, 6) is -0.0489. The van der Waals surface area contributed by atoms with Gasteiger partial charge >= 0.3 is 0 Å². The number of rotatable bonds is 6. The topological polar surface area (TPSA) is 53.1 Å². The minimum absolute atomic E-state index is 0.0114. The Morgan fingerprint density at radius 3 is 2.78 bits per heavy atom. The maximum absolute atomic E-state index is 13.4. The smallest absolute Gasteiger partial charge is 0.137 e. The van der Waals surface area contributed by atoms with Crippen LogP contribution < -0.4 is 5.73 Å². The summed E-state index contributed by atoms with van der Waals surface area (Å²) in [7, 11) is 0. The Morgan fingerprint density at radius 1 is 1.56 bits per heavy atom. The van der Waals surface area contributed by atoms with Gasteiger partial charge in [0.25, 0.3) is 0 Å². The molecule has 0 aliphatic heterocycles. The van der Waals surface area contributed by atoms with Crippen LogP contribution in [0.2, 0.25) is 0 Å². The molecule has 0 radical (unpaired) electrons. The third kappa shape index (κ3) is 4.07. The monoisotopic (exact) mass is 315 g/mol. The Kier molecular flexibility index (Phi) is 5.75. The molecule has 1 rings (SSSR count). The number of hydrogen-bond donors (Lipinski definition) is 2. The van der Waals surface area contributed by atoms with E-state index in [2.05, 4.69) is 20.8 Å². The first-order valence-electron chi connectivity index (χ1n) is 5.94. The zero-order valence-electron chi connectivity index (χ0n) is 10.7. The molecule has 3 nitrogen and oxygen atoms in total. The molecular formula is C13H19BrFN3. The molecule has 0 saturated heterocycles. The summed E-state index contributed by atoms with van der Waals surface area (Å²) in [4.78, 5) is 2.14. The fraction of sp³-hybridized carbons (Fsp3) is 0.462. The zero-order chi connectivity index (χ0) is 13.7. The lowest BCUT2D eigenvalue weighted by molar-refractivity contribution is 0.262. The van der Waals surface area contributed by atoms with E-state index in [1.807, 2.05) is 19.9 Å². The van der Waals surface area contributed by atoms with Crippen molar-refractivity contribution in [3.63, 3.8) is 0 Å². The Bertz CT molecular complexity index is 423. The van der Waals surface area contributed by atoms with Gasteiger partial charge in [0.05, 0.1) is 10.3 Å². The van der Waals surface area contributed by atoms with E-state index >= 15 is 0 Å². The van der Waals surface area contributed by atoms with E-state index in [4.69, 9.17) is 11.1 Å². The second-order valence-electron chi connectivity index (χ2n) is 4.40. The van der Waals surface area contributed by atoms with Crippen LogP contribution in [0.3, 0.4) is 0 Å². The molecule has 0 bridgehead atoms. The largest absolute Gasteiger partial charge is 0.387 e. The molecule has 0 aliphatic rings. The van der Waals surface area contributed by atoms with Crippen LogP contribution in [-0.2, 0) is 6.54 Å². The van der Waals surface area contributed by atoms with Crippen LogP contribution in [0.5, 0.6) is 0 Å². The highest BCUT2D eigenvalue weighted by Gasteiger charge is 2.13. The highest BCUT2D eigenvalue weighted by molar-refractivity contribution is 9.10. The third-order valence-corrected chi connectivity index (χ3v) is 3.82. The van der Waals surface area contributed by atoms with Gasteiger partial charge in [0, 0.05) is 19.0 Å². The van der Waals surface area contributed by atoms with Crippen molar-refractivity contribution in [1.82, 2.24) is 4.90 Å². The number of nitrogens with one attached hydrogen (secondary N) is 1. The van der Waals surface area contributed by atoms with E-state index in [0.717, 1.165) is 12.1 Å². The van der Waals surface area contributed by atoms with Crippen molar-refractivity contribution in [1.29, 1.82) is 5.41 Å². The lowest BCUT2D eigenvalue weighted by Gasteiger charge is -2.24. The number of benzene rings is 1. The van der Waals surface area contributed by atoms with Crippen molar-refractivity contribution < 1.29 is 4.39 Å². The molecule has 0 fully saturated rings. The van der Waals surface area contributed by atoms with Crippen molar-refractivity contribution in [3.8, 4) is 0 Å². The van der Waals surface area contributed by atoms with Crippen LogP contribution in [-0.4, -0.2) is 23.8 Å². The van der Waals surface area contributed by atoms with E-state index in [0.29, 0.717) is 17.6 Å². The molecule has 0 spiro atoms. The first-order valence-corrected chi connectivity index (χ1v) is 6.74. The standard InChI is InChI=1S/C13H19BrFN3/c1-3-18(7-9(2)13(16)17)8-10-5-4-6-11(15)12(10)14/h4-6,9H,3,7-8H2,1-2H3,(H3,16,17). The predicted molar refractivity (Wildman–Crippen MR) is 76.1 cm³/mol. The molecule has 0 aromatic heterocycles. The fourth-order valence-corrected chi connectivity index (χ4v) is 2.09. The van der Waals surface area contributed by atoms with E-state index in [1.165, 1.54) is 6.07 Å². The summed E-state index contributed by atoms with van der Waals surface area (Å²) in [5.41, 5.74) is 6.38. The summed E-state index contributed by atoms with van der Waals surface area (Å²) in [6.45, 7) is 6.15. The van der Waals surface area contributed by atoms with Crippen LogP contribution in [0.15, 0.2) is 22.7 Å². The number of hydrogen-bond acceptors (Lipinski definition) is 2. The number of amidine groups is 1. The van der Waals surface area contributed by atoms with E-state index < -0.39 is 0 Å². The maximum atomic E-state index is 13.4. The Morgan fingerprint density at radius 2 is 2.22 bits per heavy atom. The molecule has 0 saturated carbocycles. The molecule has 1 atom stereocenters. The van der Waals surface area contributed by atoms with Gasteiger partial charge in [0.1, 0.15) is 5.82 Å². The average Bonchev–Trinajstić information content (AvgIpc) is 2.33. The zero-order valence-corrected chi connectivity index (χ0v) is 12.3. The number of halogens is 2. The summed E-state index contributed by atoms with van der Waals surface area (Å²) < 4.78 is 13.9. The van der Waals surface area contributed by atoms with Crippen LogP contribution >= 0.6 is 15.9 Å². The van der Waals surface area contributed by atoms with Gasteiger partial charge in [-0.2, -0.15) is 0 Å². The molecule has 0 heterocycles. The van der Waals surface area contributed by atoms with Crippen LogP contribution in [0.25, 0.3) is 0 Å². The van der Waals surface area contributed by atoms with Gasteiger partial charge in [-0.3, -0.25) is 10.3 Å². The van der Waals surface area contributed by atoms with Crippen molar-refractivity contribution in [2.75, 3.05) is 13.1 Å². The minimum atomic E-state index is -0.247. The lowest BCUT2D eigenvalue weighted by Crippen LogP contribution is -2.34. The van der Waals surface area contributed by atoms with Gasteiger partial charge in [0.15, 0.2) is 0 Å². The van der Waals surface area contributed by atoms with E-state index in [9.17, 15) is 4.39 Å². The molecule has 0 amide bonds. The van der Waals surface area contributed by atoms with Crippen molar-refractivity contribution in [2.24, 2.45) is 11.7 Å². The molecule has 1 unspecified atom stereocenters. The third-order valence-electron chi connectivity index (χ3n) is 2.94. The highest BCUT2D eigenvalue weighted by atomic mass is 79.9. The first kappa shape index (κ1) is 15.1. The SMILES string of the molecule is CCN(Cc1cccc(F)c1Br)CC(C)C(=N)N. The highest BCUT2D eigenvalue weighted by Crippen LogP contribution is 2.22. The second kappa shape index (κ2) is 6.85. The number of nitrogens with zero attached hydrogens (tertiary/aromatic N) is 1. The molecule has 18 heavy (non-hydrogen) atoms. The molecule has 5 heteroatoms. The molecular weight excluding hydrogens is 297 g/mol. The quantitative estimate of drug-likeness (QED) is 0.626. The maximum Gasteiger partial charge on any atom is 0.137 e. The van der Waals surface area contributed by atoms with Crippen LogP contribution in [0, 0.1) is 17.1 Å². The summed E-state index contributed by atoms with van der Waals surface area (Å²) >= 11 is 3.26. The van der Waals surface area contributed by atoms with Gasteiger partial charge in [-0.15, -0.1) is 0 Å². The minimum Gasteiger partial charge on any atom is -0.387 e. The Labute approximate surface area is 116 Å². The van der Waals surface area contributed by atoms with Crippen molar-refractivity contribution in [3.05, 3.63) is 34.1 Å². The van der Waals surface area contributed by atoms with Gasteiger partial charge in [-0.05, 0) is 34.1 Å². The molecule has 1 aromatic rings. The van der Waals surface area contributed by atoms with Gasteiger partial charge in [-0.1, -0.05) is 26.0 Å². The lowest BCUT2D eigenvalue weighted by atomic mass is 10.1. The van der Waals surface area contributed by atoms with E-state index in [1.54, 1.807) is 6.07 Å². The predicted octanol–water partition coefficient (Wildman–Crippen LogP) is 2.98. The average molecular weight is 316 g/mol. The number of nitrogens with two attached hydrogens (primary N) is 1. The second-order valence-corrected chi connectivity index (χ2v) is 5.19.